The van der Waals surface area contributed by atoms with E-state index in [0.29, 0.717) is 5.92 Å². The van der Waals surface area contributed by atoms with Gasteiger partial charge >= 0.3 is 0 Å². The van der Waals surface area contributed by atoms with Crippen molar-refractivity contribution in [2.45, 2.75) is 18.7 Å². The maximum Gasteiger partial charge on any atom is 0.115 e. The first kappa shape index (κ1) is 8.56. The van der Waals surface area contributed by atoms with Gasteiger partial charge in [-0.15, -0.1) is 0 Å². The number of aliphatic imine (C=N–C) groups is 1. The van der Waals surface area contributed by atoms with Crippen molar-refractivity contribution in [3.63, 3.8) is 0 Å². The standard InChI is InChI=1S/C9H11N3S/c1-6(2)9-11-7-3-4-10-5-8(7)13-12-9/h3-6H,1-2H3,(H,11,12). The molecule has 0 bridgehead atoms. The number of rotatable bonds is 1. The van der Waals surface area contributed by atoms with Crippen LogP contribution in [-0.2, 0) is 0 Å². The summed E-state index contributed by atoms with van der Waals surface area (Å²) >= 11 is 1.58. The lowest BCUT2D eigenvalue weighted by atomic mass is 10.2. The molecule has 0 aromatic carbocycles. The van der Waals surface area contributed by atoms with Crippen LogP contribution in [0.1, 0.15) is 13.8 Å². The molecule has 1 aliphatic rings. The Hall–Kier alpha value is -1.03. The van der Waals surface area contributed by atoms with Crippen molar-refractivity contribution in [3.8, 4) is 0 Å². The van der Waals surface area contributed by atoms with Crippen molar-refractivity contribution in [2.24, 2.45) is 10.9 Å². The molecule has 2 rings (SSSR count). The number of nitrogens with one attached hydrogen (secondary N) is 1. The lowest BCUT2D eigenvalue weighted by molar-refractivity contribution is 0.859. The molecule has 1 aromatic heterocycles. The summed E-state index contributed by atoms with van der Waals surface area (Å²) in [7, 11) is 0. The summed E-state index contributed by atoms with van der Waals surface area (Å²) in [6.07, 6.45) is 3.60. The molecule has 0 unspecified atom stereocenters. The molecule has 0 spiro atoms. The second-order valence-electron chi connectivity index (χ2n) is 3.20. The largest absolute Gasteiger partial charge is 0.313 e. The number of fused-ring (bicyclic) bond motifs is 1. The minimum absolute atomic E-state index is 0.439. The molecule has 0 aliphatic carbocycles. The van der Waals surface area contributed by atoms with Crippen LogP contribution in [0.4, 0.5) is 5.69 Å². The molecule has 0 saturated carbocycles. The van der Waals surface area contributed by atoms with E-state index in [4.69, 9.17) is 0 Å². The van der Waals surface area contributed by atoms with Gasteiger partial charge in [0.25, 0.3) is 0 Å². The van der Waals surface area contributed by atoms with Crippen molar-refractivity contribution >= 4 is 23.5 Å². The van der Waals surface area contributed by atoms with Crippen LogP contribution < -0.4 is 4.72 Å². The highest BCUT2D eigenvalue weighted by Gasteiger charge is 2.13. The molecule has 0 fully saturated rings. The fourth-order valence-electron chi connectivity index (χ4n) is 1.05. The average Bonchev–Trinajstić information content (AvgIpc) is 2.17. The molecule has 0 saturated heterocycles. The van der Waals surface area contributed by atoms with Crippen molar-refractivity contribution in [1.29, 1.82) is 0 Å². The summed E-state index contributed by atoms with van der Waals surface area (Å²) < 4.78 is 3.20. The van der Waals surface area contributed by atoms with E-state index in [1.165, 1.54) is 0 Å². The highest BCUT2D eigenvalue weighted by Crippen LogP contribution is 2.30. The molecule has 1 aromatic rings. The van der Waals surface area contributed by atoms with Crippen LogP contribution in [0.3, 0.4) is 0 Å². The zero-order chi connectivity index (χ0) is 9.26. The Morgan fingerprint density at radius 3 is 3.08 bits per heavy atom. The highest BCUT2D eigenvalue weighted by molar-refractivity contribution is 7.98. The van der Waals surface area contributed by atoms with Crippen molar-refractivity contribution < 1.29 is 0 Å². The average molecular weight is 193 g/mol. The first-order valence-corrected chi connectivity index (χ1v) is 5.04. The lowest BCUT2D eigenvalue weighted by Gasteiger charge is -2.17. The number of hydrogen-bond donors (Lipinski definition) is 1. The Kier molecular flexibility index (Phi) is 2.22. The molecule has 3 nitrogen and oxygen atoms in total. The van der Waals surface area contributed by atoms with Crippen molar-refractivity contribution in [2.75, 3.05) is 0 Å². The van der Waals surface area contributed by atoms with Crippen molar-refractivity contribution in [1.82, 2.24) is 9.71 Å². The topological polar surface area (TPSA) is 37.3 Å². The molecule has 4 heteroatoms. The first-order valence-electron chi connectivity index (χ1n) is 4.23. The predicted molar refractivity (Wildman–Crippen MR) is 55.2 cm³/mol. The Morgan fingerprint density at radius 2 is 2.31 bits per heavy atom. The monoisotopic (exact) mass is 193 g/mol. The number of aromatic nitrogens is 1. The molecule has 13 heavy (non-hydrogen) atoms. The second kappa shape index (κ2) is 3.38. The van der Waals surface area contributed by atoms with Gasteiger partial charge in [-0.2, -0.15) is 0 Å². The fraction of sp³-hybridized carbons (Fsp3) is 0.333. The third-order valence-corrected chi connectivity index (χ3v) is 2.66. The highest BCUT2D eigenvalue weighted by atomic mass is 32.2. The van der Waals surface area contributed by atoms with E-state index in [0.717, 1.165) is 16.4 Å². The minimum Gasteiger partial charge on any atom is -0.313 e. The van der Waals surface area contributed by atoms with E-state index in [2.05, 4.69) is 28.5 Å². The molecule has 1 N–H and O–H groups in total. The quantitative estimate of drug-likeness (QED) is 0.696. The van der Waals surface area contributed by atoms with Gasteiger partial charge in [0.1, 0.15) is 5.84 Å². The van der Waals surface area contributed by atoms with Gasteiger partial charge in [-0.1, -0.05) is 13.8 Å². The summed E-state index contributed by atoms with van der Waals surface area (Å²) in [5.74, 6) is 1.47. The summed E-state index contributed by atoms with van der Waals surface area (Å²) in [5, 5.41) is 0. The second-order valence-corrected chi connectivity index (χ2v) is 4.05. The summed E-state index contributed by atoms with van der Waals surface area (Å²) in [4.78, 5) is 9.62. The normalized spacial score (nSPS) is 14.8. The van der Waals surface area contributed by atoms with Gasteiger partial charge < -0.3 is 4.72 Å². The van der Waals surface area contributed by atoms with E-state index in [9.17, 15) is 0 Å². The van der Waals surface area contributed by atoms with Crippen LogP contribution in [0.15, 0.2) is 28.3 Å². The Morgan fingerprint density at radius 1 is 1.46 bits per heavy atom. The van der Waals surface area contributed by atoms with E-state index >= 15 is 0 Å². The van der Waals surface area contributed by atoms with Gasteiger partial charge in [0.2, 0.25) is 0 Å². The summed E-state index contributed by atoms with van der Waals surface area (Å²) in [5.41, 5.74) is 1.02. The van der Waals surface area contributed by atoms with Crippen LogP contribution >= 0.6 is 11.9 Å². The van der Waals surface area contributed by atoms with E-state index in [-0.39, 0.29) is 0 Å². The zero-order valence-electron chi connectivity index (χ0n) is 7.61. The Balaban J connectivity index is 2.38. The van der Waals surface area contributed by atoms with E-state index < -0.39 is 0 Å². The molecule has 68 valence electrons. The minimum atomic E-state index is 0.439. The van der Waals surface area contributed by atoms with Crippen LogP contribution in [0, 0.1) is 5.92 Å². The molecule has 0 atom stereocenters. The van der Waals surface area contributed by atoms with Gasteiger partial charge in [0.15, 0.2) is 0 Å². The smallest absolute Gasteiger partial charge is 0.115 e. The van der Waals surface area contributed by atoms with Crippen LogP contribution in [0.2, 0.25) is 0 Å². The maximum atomic E-state index is 4.49. The molecule has 1 aliphatic heterocycles. The number of nitrogens with zero attached hydrogens (tertiary/aromatic N) is 2. The molecule has 2 heterocycles. The van der Waals surface area contributed by atoms with Gasteiger partial charge in [0.05, 0.1) is 10.6 Å². The van der Waals surface area contributed by atoms with E-state index in [1.54, 1.807) is 18.1 Å². The summed E-state index contributed by atoms with van der Waals surface area (Å²) in [6, 6.07) is 1.94. The molecular weight excluding hydrogens is 182 g/mol. The van der Waals surface area contributed by atoms with Crippen LogP contribution in [0.25, 0.3) is 0 Å². The first-order chi connectivity index (χ1) is 6.27. The predicted octanol–water partition coefficient (Wildman–Crippen LogP) is 2.38. The SMILES string of the molecule is CC(C)C1=Nc2ccncc2SN1. The Labute approximate surface area is 81.8 Å². The zero-order valence-corrected chi connectivity index (χ0v) is 8.43. The molecule has 0 amide bonds. The number of pyridine rings is 1. The lowest BCUT2D eigenvalue weighted by Crippen LogP contribution is -2.23. The van der Waals surface area contributed by atoms with Gasteiger partial charge in [0, 0.05) is 18.3 Å². The van der Waals surface area contributed by atoms with Gasteiger partial charge in [-0.25, -0.2) is 4.99 Å². The van der Waals surface area contributed by atoms with Gasteiger partial charge in [-0.05, 0) is 18.0 Å². The third kappa shape index (κ3) is 1.67. The number of amidine groups is 1. The fourth-order valence-corrected chi connectivity index (χ4v) is 1.88. The van der Waals surface area contributed by atoms with Crippen LogP contribution in [0.5, 0.6) is 0 Å². The van der Waals surface area contributed by atoms with Crippen molar-refractivity contribution in [3.05, 3.63) is 18.5 Å². The molecular formula is C9H11N3S. The van der Waals surface area contributed by atoms with Gasteiger partial charge in [-0.3, -0.25) is 4.98 Å². The molecule has 0 radical (unpaired) electrons. The van der Waals surface area contributed by atoms with Crippen LogP contribution in [-0.4, -0.2) is 10.8 Å². The number of hydrogen-bond acceptors (Lipinski definition) is 4. The Bertz CT molecular complexity index is 346. The maximum absolute atomic E-state index is 4.49. The summed E-state index contributed by atoms with van der Waals surface area (Å²) in [6.45, 7) is 4.25. The third-order valence-electron chi connectivity index (χ3n) is 1.82. The van der Waals surface area contributed by atoms with E-state index in [1.807, 2.05) is 12.3 Å².